The van der Waals surface area contributed by atoms with E-state index in [2.05, 4.69) is 18.4 Å². The van der Waals surface area contributed by atoms with Gasteiger partial charge in [0.1, 0.15) is 0 Å². The third-order valence-electron chi connectivity index (χ3n) is 0.960. The second-order valence-corrected chi connectivity index (χ2v) is 1.73. The van der Waals surface area contributed by atoms with Crippen LogP contribution in [0.2, 0.25) is 0 Å². The van der Waals surface area contributed by atoms with E-state index >= 15 is 0 Å². The van der Waals surface area contributed by atoms with E-state index < -0.39 is 0 Å². The molecule has 10 heavy (non-hydrogen) atoms. The Labute approximate surface area is 61.6 Å². The van der Waals surface area contributed by atoms with Crippen molar-refractivity contribution in [3.63, 3.8) is 0 Å². The third kappa shape index (κ3) is 2.95. The highest BCUT2D eigenvalue weighted by molar-refractivity contribution is 5.42. The fraction of sp³-hybridized carbons (Fsp3) is 0.250. The van der Waals surface area contributed by atoms with Crippen LogP contribution in [-0.2, 0) is 0 Å². The SMILES string of the molecule is C=C(N)/C(C#CCN)=C\C. The number of hydrogen-bond donors (Lipinski definition) is 2. The summed E-state index contributed by atoms with van der Waals surface area (Å²) in [6.45, 7) is 5.76. The van der Waals surface area contributed by atoms with Gasteiger partial charge in [0.15, 0.2) is 0 Å². The molecule has 0 aliphatic heterocycles. The van der Waals surface area contributed by atoms with Crippen LogP contribution in [-0.4, -0.2) is 6.54 Å². The molecule has 0 heterocycles. The zero-order valence-corrected chi connectivity index (χ0v) is 6.15. The highest BCUT2D eigenvalue weighted by Gasteiger charge is 1.88. The Hall–Kier alpha value is -1.20. The van der Waals surface area contributed by atoms with Gasteiger partial charge in [-0.3, -0.25) is 0 Å². The van der Waals surface area contributed by atoms with Crippen molar-refractivity contribution >= 4 is 0 Å². The molecule has 0 saturated heterocycles. The van der Waals surface area contributed by atoms with Crippen LogP contribution in [0.1, 0.15) is 6.92 Å². The second kappa shape index (κ2) is 4.66. The van der Waals surface area contributed by atoms with Gasteiger partial charge in [0, 0.05) is 11.3 Å². The van der Waals surface area contributed by atoms with E-state index in [0.717, 1.165) is 5.57 Å². The van der Waals surface area contributed by atoms with Crippen molar-refractivity contribution in [1.82, 2.24) is 0 Å². The maximum atomic E-state index is 5.38. The molecule has 0 bridgehead atoms. The lowest BCUT2D eigenvalue weighted by molar-refractivity contribution is 1.29. The first kappa shape index (κ1) is 8.80. The molecule has 0 aromatic carbocycles. The molecule has 0 atom stereocenters. The van der Waals surface area contributed by atoms with Crippen LogP contribution in [0.15, 0.2) is 23.9 Å². The highest BCUT2D eigenvalue weighted by atomic mass is 14.6. The van der Waals surface area contributed by atoms with Gasteiger partial charge in [0.05, 0.1) is 6.54 Å². The molecule has 0 spiro atoms. The Balaban J connectivity index is 4.26. The van der Waals surface area contributed by atoms with Crippen LogP contribution < -0.4 is 11.5 Å². The minimum Gasteiger partial charge on any atom is -0.398 e. The average molecular weight is 136 g/mol. The molecule has 0 fully saturated rings. The Morgan fingerprint density at radius 3 is 2.60 bits per heavy atom. The van der Waals surface area contributed by atoms with Crippen molar-refractivity contribution in [2.24, 2.45) is 11.5 Å². The van der Waals surface area contributed by atoms with E-state index in [1.165, 1.54) is 0 Å². The predicted octanol–water partition coefficient (Wildman–Crippen LogP) is 0.367. The molecule has 0 amide bonds. The molecular weight excluding hydrogens is 124 g/mol. The summed E-state index contributed by atoms with van der Waals surface area (Å²) >= 11 is 0. The van der Waals surface area contributed by atoms with E-state index in [-0.39, 0.29) is 0 Å². The first-order valence-electron chi connectivity index (χ1n) is 3.02. The van der Waals surface area contributed by atoms with Gasteiger partial charge < -0.3 is 11.5 Å². The number of allylic oxidation sites excluding steroid dienone is 2. The standard InChI is InChI=1S/C8H12N2/c1-3-8(7(2)10)5-4-6-9/h3H,2,6,9-10H2,1H3/b8-3-. The number of hydrogen-bond acceptors (Lipinski definition) is 2. The summed E-state index contributed by atoms with van der Waals surface area (Å²) in [7, 11) is 0. The van der Waals surface area contributed by atoms with Gasteiger partial charge in [0.2, 0.25) is 0 Å². The molecule has 0 radical (unpaired) electrons. The van der Waals surface area contributed by atoms with Gasteiger partial charge in [-0.15, -0.1) is 0 Å². The summed E-state index contributed by atoms with van der Waals surface area (Å²) in [5, 5.41) is 0. The fourth-order valence-corrected chi connectivity index (χ4v) is 0.484. The molecule has 2 nitrogen and oxygen atoms in total. The second-order valence-electron chi connectivity index (χ2n) is 1.73. The van der Waals surface area contributed by atoms with Gasteiger partial charge in [0.25, 0.3) is 0 Å². The zero-order valence-electron chi connectivity index (χ0n) is 6.15. The summed E-state index contributed by atoms with van der Waals surface area (Å²) in [5.74, 6) is 5.48. The predicted molar refractivity (Wildman–Crippen MR) is 43.9 cm³/mol. The minimum absolute atomic E-state index is 0.352. The van der Waals surface area contributed by atoms with Crippen LogP contribution in [0.5, 0.6) is 0 Å². The smallest absolute Gasteiger partial charge is 0.0555 e. The Morgan fingerprint density at radius 2 is 2.30 bits per heavy atom. The van der Waals surface area contributed by atoms with Crippen LogP contribution in [0.3, 0.4) is 0 Å². The van der Waals surface area contributed by atoms with E-state index in [1.54, 1.807) is 0 Å². The molecule has 0 aromatic rings. The molecule has 0 aliphatic rings. The molecule has 2 heteroatoms. The number of nitrogens with two attached hydrogens (primary N) is 2. The Morgan fingerprint density at radius 1 is 1.70 bits per heavy atom. The van der Waals surface area contributed by atoms with Crippen molar-refractivity contribution < 1.29 is 0 Å². The van der Waals surface area contributed by atoms with Gasteiger partial charge >= 0.3 is 0 Å². The van der Waals surface area contributed by atoms with Crippen molar-refractivity contribution in [2.75, 3.05) is 6.54 Å². The van der Waals surface area contributed by atoms with Crippen molar-refractivity contribution in [2.45, 2.75) is 6.92 Å². The van der Waals surface area contributed by atoms with Crippen molar-refractivity contribution in [3.8, 4) is 11.8 Å². The highest BCUT2D eigenvalue weighted by Crippen LogP contribution is 1.97. The Kier molecular flexibility index (Phi) is 4.10. The minimum atomic E-state index is 0.352. The zero-order chi connectivity index (χ0) is 7.98. The van der Waals surface area contributed by atoms with Crippen molar-refractivity contribution in [3.05, 3.63) is 23.9 Å². The van der Waals surface area contributed by atoms with Crippen LogP contribution >= 0.6 is 0 Å². The van der Waals surface area contributed by atoms with E-state index in [9.17, 15) is 0 Å². The van der Waals surface area contributed by atoms with Gasteiger partial charge in [-0.2, -0.15) is 0 Å². The monoisotopic (exact) mass is 136 g/mol. The van der Waals surface area contributed by atoms with Crippen LogP contribution in [0, 0.1) is 11.8 Å². The lowest BCUT2D eigenvalue weighted by Gasteiger charge is -1.93. The molecule has 0 unspecified atom stereocenters. The first-order chi connectivity index (χ1) is 4.72. The van der Waals surface area contributed by atoms with Crippen LogP contribution in [0.25, 0.3) is 0 Å². The topological polar surface area (TPSA) is 52.0 Å². The molecule has 4 N–H and O–H groups in total. The maximum Gasteiger partial charge on any atom is 0.0555 e. The summed E-state index contributed by atoms with van der Waals surface area (Å²) < 4.78 is 0. The summed E-state index contributed by atoms with van der Waals surface area (Å²) in [5.41, 5.74) is 11.8. The van der Waals surface area contributed by atoms with E-state index in [0.29, 0.717) is 12.2 Å². The van der Waals surface area contributed by atoms with Gasteiger partial charge in [-0.05, 0) is 6.92 Å². The summed E-state index contributed by atoms with van der Waals surface area (Å²) in [6.07, 6.45) is 1.81. The van der Waals surface area contributed by atoms with Crippen molar-refractivity contribution in [1.29, 1.82) is 0 Å². The summed E-state index contributed by atoms with van der Waals surface area (Å²) in [6, 6.07) is 0. The normalized spacial score (nSPS) is 10.0. The number of rotatable bonds is 1. The molecule has 0 rings (SSSR count). The molecular formula is C8H12N2. The van der Waals surface area contributed by atoms with Gasteiger partial charge in [-0.1, -0.05) is 24.5 Å². The summed E-state index contributed by atoms with van der Waals surface area (Å²) in [4.78, 5) is 0. The van der Waals surface area contributed by atoms with E-state index in [1.807, 2.05) is 13.0 Å². The molecule has 54 valence electrons. The van der Waals surface area contributed by atoms with E-state index in [4.69, 9.17) is 11.5 Å². The first-order valence-corrected chi connectivity index (χ1v) is 3.02. The van der Waals surface area contributed by atoms with Gasteiger partial charge in [-0.25, -0.2) is 0 Å². The Bertz CT molecular complexity index is 203. The fourth-order valence-electron chi connectivity index (χ4n) is 0.484. The molecule has 0 saturated carbocycles. The average Bonchev–Trinajstić information content (AvgIpc) is 1.89. The largest absolute Gasteiger partial charge is 0.398 e. The lowest BCUT2D eigenvalue weighted by Crippen LogP contribution is -1.98. The molecule has 0 aliphatic carbocycles. The maximum absolute atomic E-state index is 5.38. The quantitative estimate of drug-likeness (QED) is 0.404. The third-order valence-corrected chi connectivity index (χ3v) is 0.960. The molecule has 0 aromatic heterocycles. The lowest BCUT2D eigenvalue weighted by atomic mass is 10.2. The van der Waals surface area contributed by atoms with Crippen LogP contribution in [0.4, 0.5) is 0 Å².